The molecule has 0 fully saturated rings. The second-order valence-electron chi connectivity index (χ2n) is 4.26. The lowest BCUT2D eigenvalue weighted by atomic mass is 10.2. The van der Waals surface area contributed by atoms with Crippen molar-refractivity contribution in [1.82, 2.24) is 5.32 Å². The van der Waals surface area contributed by atoms with Crippen LogP contribution in [-0.4, -0.2) is 42.0 Å². The summed E-state index contributed by atoms with van der Waals surface area (Å²) in [6.07, 6.45) is 4.13. The van der Waals surface area contributed by atoms with Gasteiger partial charge in [0.2, 0.25) is 0 Å². The number of aliphatic carboxylic acids is 1. The van der Waals surface area contributed by atoms with Crippen molar-refractivity contribution in [1.29, 1.82) is 0 Å². The summed E-state index contributed by atoms with van der Waals surface area (Å²) in [5, 5.41) is 11.0. The normalized spacial score (nSPS) is 12.4. The number of carboxylic acid groups (broad SMARTS) is 1. The van der Waals surface area contributed by atoms with E-state index in [0.29, 0.717) is 0 Å². The number of alkyl carbamates (subject to hydrolysis) is 1. The van der Waals surface area contributed by atoms with Gasteiger partial charge in [-0.15, -0.1) is 6.42 Å². The first kappa shape index (κ1) is 15.3. The monoisotopic (exact) mass is 243 g/mol. The molecule has 6 nitrogen and oxygen atoms in total. The van der Waals surface area contributed by atoms with Gasteiger partial charge in [0.25, 0.3) is 0 Å². The van der Waals surface area contributed by atoms with Gasteiger partial charge in [0.1, 0.15) is 12.2 Å². The van der Waals surface area contributed by atoms with Gasteiger partial charge in [0, 0.05) is 0 Å². The molecule has 0 saturated heterocycles. The molecule has 0 bridgehead atoms. The Hall–Kier alpha value is -1.74. The van der Waals surface area contributed by atoms with Crippen LogP contribution in [0.2, 0.25) is 0 Å². The summed E-state index contributed by atoms with van der Waals surface area (Å²) in [5.74, 6) is 0.980. The van der Waals surface area contributed by atoms with Crippen LogP contribution in [0.5, 0.6) is 0 Å². The van der Waals surface area contributed by atoms with E-state index >= 15 is 0 Å². The van der Waals surface area contributed by atoms with Crippen molar-refractivity contribution >= 4 is 12.1 Å². The van der Waals surface area contributed by atoms with Crippen LogP contribution in [0.25, 0.3) is 0 Å². The third kappa shape index (κ3) is 8.11. The summed E-state index contributed by atoms with van der Waals surface area (Å²) in [5.41, 5.74) is -0.688. The number of carbonyl (C=O) groups excluding carboxylic acids is 1. The Morgan fingerprint density at radius 1 is 1.47 bits per heavy atom. The molecule has 0 spiro atoms. The molecule has 0 heterocycles. The molecule has 0 rings (SSSR count). The molecule has 0 aliphatic carbocycles. The van der Waals surface area contributed by atoms with E-state index < -0.39 is 23.7 Å². The molecule has 0 unspecified atom stereocenters. The zero-order chi connectivity index (χ0) is 13.5. The van der Waals surface area contributed by atoms with Crippen LogP contribution in [0, 0.1) is 12.3 Å². The molecule has 17 heavy (non-hydrogen) atoms. The van der Waals surface area contributed by atoms with E-state index in [-0.39, 0.29) is 13.2 Å². The van der Waals surface area contributed by atoms with Crippen molar-refractivity contribution in [3.8, 4) is 12.3 Å². The Kier molecular flexibility index (Phi) is 6.07. The topological polar surface area (TPSA) is 84.9 Å². The maximum Gasteiger partial charge on any atom is 0.408 e. The Labute approximate surface area is 100 Å². The second-order valence-corrected chi connectivity index (χ2v) is 4.26. The number of ether oxygens (including phenoxy) is 2. The van der Waals surface area contributed by atoms with Crippen molar-refractivity contribution in [3.63, 3.8) is 0 Å². The number of amides is 1. The van der Waals surface area contributed by atoms with E-state index in [0.717, 1.165) is 0 Å². The van der Waals surface area contributed by atoms with Crippen LogP contribution >= 0.6 is 0 Å². The Morgan fingerprint density at radius 3 is 2.47 bits per heavy atom. The van der Waals surface area contributed by atoms with E-state index in [4.69, 9.17) is 21.0 Å². The van der Waals surface area contributed by atoms with Gasteiger partial charge in [0.15, 0.2) is 6.04 Å². The molecule has 0 radical (unpaired) electrons. The fourth-order valence-corrected chi connectivity index (χ4v) is 0.860. The van der Waals surface area contributed by atoms with Gasteiger partial charge in [-0.05, 0) is 20.8 Å². The number of carboxylic acids is 1. The lowest BCUT2D eigenvalue weighted by molar-refractivity contribution is -0.141. The number of rotatable bonds is 5. The lowest BCUT2D eigenvalue weighted by Gasteiger charge is -2.21. The smallest absolute Gasteiger partial charge is 0.408 e. The first-order chi connectivity index (χ1) is 7.76. The Bertz CT molecular complexity index is 313. The molecule has 0 aliphatic heterocycles. The van der Waals surface area contributed by atoms with Crippen LogP contribution < -0.4 is 5.32 Å². The number of hydrogen-bond acceptors (Lipinski definition) is 4. The first-order valence-electron chi connectivity index (χ1n) is 5.00. The predicted octanol–water partition coefficient (Wildman–Crippen LogP) is 0.614. The molecule has 2 N–H and O–H groups in total. The minimum absolute atomic E-state index is 0.0141. The number of nitrogens with one attached hydrogen (secondary N) is 1. The summed E-state index contributed by atoms with van der Waals surface area (Å²) in [6.45, 7) is 4.81. The highest BCUT2D eigenvalue weighted by molar-refractivity contribution is 5.80. The van der Waals surface area contributed by atoms with E-state index in [1.165, 1.54) is 0 Å². The zero-order valence-electron chi connectivity index (χ0n) is 10.1. The maximum absolute atomic E-state index is 11.3. The zero-order valence-corrected chi connectivity index (χ0v) is 10.1. The molecule has 96 valence electrons. The van der Waals surface area contributed by atoms with Gasteiger partial charge in [-0.1, -0.05) is 5.92 Å². The summed E-state index contributed by atoms with van der Waals surface area (Å²) in [7, 11) is 0. The largest absolute Gasteiger partial charge is 0.480 e. The van der Waals surface area contributed by atoms with Crippen LogP contribution in [0.4, 0.5) is 4.79 Å². The third-order valence-electron chi connectivity index (χ3n) is 1.46. The van der Waals surface area contributed by atoms with Gasteiger partial charge in [0.05, 0.1) is 6.61 Å². The van der Waals surface area contributed by atoms with Gasteiger partial charge < -0.3 is 19.9 Å². The van der Waals surface area contributed by atoms with Crippen molar-refractivity contribution in [3.05, 3.63) is 0 Å². The van der Waals surface area contributed by atoms with Crippen molar-refractivity contribution < 1.29 is 24.2 Å². The third-order valence-corrected chi connectivity index (χ3v) is 1.46. The van der Waals surface area contributed by atoms with E-state index in [2.05, 4.69) is 11.2 Å². The standard InChI is InChI=1S/C11H17NO5/c1-5-6-16-7-8(9(13)14)12-10(15)17-11(2,3)4/h1,8H,6-7H2,2-4H3,(H,12,15)(H,13,14)/t8-/m1/s1. The van der Waals surface area contributed by atoms with Gasteiger partial charge >= 0.3 is 12.1 Å². The quantitative estimate of drug-likeness (QED) is 0.546. The minimum atomic E-state index is -1.21. The molecule has 0 aromatic rings. The summed E-state index contributed by atoms with van der Waals surface area (Å²) < 4.78 is 9.77. The molecular formula is C11H17NO5. The van der Waals surface area contributed by atoms with Gasteiger partial charge in [-0.2, -0.15) is 0 Å². The van der Waals surface area contributed by atoms with Crippen molar-refractivity contribution in [2.45, 2.75) is 32.4 Å². The van der Waals surface area contributed by atoms with Gasteiger partial charge in [-0.25, -0.2) is 9.59 Å². The minimum Gasteiger partial charge on any atom is -0.480 e. The highest BCUT2D eigenvalue weighted by Crippen LogP contribution is 2.06. The predicted molar refractivity (Wildman–Crippen MR) is 60.4 cm³/mol. The molecule has 0 saturated carbocycles. The van der Waals surface area contributed by atoms with Crippen LogP contribution in [0.1, 0.15) is 20.8 Å². The second kappa shape index (κ2) is 6.76. The average molecular weight is 243 g/mol. The maximum atomic E-state index is 11.3. The van der Waals surface area contributed by atoms with Crippen LogP contribution in [-0.2, 0) is 14.3 Å². The van der Waals surface area contributed by atoms with E-state index in [1.807, 2.05) is 0 Å². The first-order valence-corrected chi connectivity index (χ1v) is 5.00. The average Bonchev–Trinajstić information content (AvgIpc) is 2.13. The Balaban J connectivity index is 4.22. The molecule has 0 aromatic carbocycles. The van der Waals surface area contributed by atoms with Crippen molar-refractivity contribution in [2.75, 3.05) is 13.2 Å². The number of terminal acetylenes is 1. The SMILES string of the molecule is C#CCOC[C@@H](NC(=O)OC(C)(C)C)C(=O)O. The number of carbonyl (C=O) groups is 2. The molecule has 6 heteroatoms. The fraction of sp³-hybridized carbons (Fsp3) is 0.636. The molecule has 0 aliphatic rings. The summed E-state index contributed by atoms with van der Waals surface area (Å²) >= 11 is 0. The fourth-order valence-electron chi connectivity index (χ4n) is 0.860. The van der Waals surface area contributed by atoms with Crippen LogP contribution in [0.15, 0.2) is 0 Å². The Morgan fingerprint density at radius 2 is 2.06 bits per heavy atom. The molecular weight excluding hydrogens is 226 g/mol. The van der Waals surface area contributed by atoms with E-state index in [9.17, 15) is 9.59 Å². The molecule has 0 aromatic heterocycles. The summed E-state index contributed by atoms with van der Waals surface area (Å²) in [6, 6.07) is -1.18. The molecule has 1 amide bonds. The van der Waals surface area contributed by atoms with Gasteiger partial charge in [-0.3, -0.25) is 0 Å². The van der Waals surface area contributed by atoms with E-state index in [1.54, 1.807) is 20.8 Å². The summed E-state index contributed by atoms with van der Waals surface area (Å²) in [4.78, 5) is 22.1. The lowest BCUT2D eigenvalue weighted by Crippen LogP contribution is -2.46. The van der Waals surface area contributed by atoms with Crippen molar-refractivity contribution in [2.24, 2.45) is 0 Å². The highest BCUT2D eigenvalue weighted by atomic mass is 16.6. The highest BCUT2D eigenvalue weighted by Gasteiger charge is 2.23. The number of hydrogen-bond donors (Lipinski definition) is 2. The van der Waals surface area contributed by atoms with Crippen LogP contribution in [0.3, 0.4) is 0 Å². The molecule has 1 atom stereocenters.